The quantitative estimate of drug-likeness (QED) is 0.748. The maximum absolute atomic E-state index is 11.9. The summed E-state index contributed by atoms with van der Waals surface area (Å²) in [5, 5.41) is 0. The molecule has 0 N–H and O–H groups in total. The maximum Gasteiger partial charge on any atom is 0.308 e. The van der Waals surface area contributed by atoms with E-state index in [1.54, 1.807) is 7.11 Å². The molecule has 2 aliphatic carbocycles. The van der Waals surface area contributed by atoms with E-state index in [1.165, 1.54) is 25.7 Å². The van der Waals surface area contributed by atoms with E-state index in [0.29, 0.717) is 12.3 Å². The zero-order chi connectivity index (χ0) is 13.3. The summed E-state index contributed by atoms with van der Waals surface area (Å²) in [6.45, 7) is 5.72. The number of carbonyl (C=O) groups is 1. The van der Waals surface area contributed by atoms with Gasteiger partial charge in [0.15, 0.2) is 0 Å². The number of carbonyl (C=O) groups excluding carboxylic acids is 1. The molecular weight excluding hydrogens is 279 g/mol. The van der Waals surface area contributed by atoms with Crippen LogP contribution in [0.3, 0.4) is 0 Å². The van der Waals surface area contributed by atoms with Gasteiger partial charge in [-0.05, 0) is 57.8 Å². The summed E-state index contributed by atoms with van der Waals surface area (Å²) >= 11 is 0. The smallest absolute Gasteiger partial charge is 0.308 e. The number of methoxy groups -OCH3 is 1. The van der Waals surface area contributed by atoms with Crippen LogP contribution < -0.4 is 0 Å². The summed E-state index contributed by atoms with van der Waals surface area (Å²) in [6, 6.07) is 0. The molecule has 0 aromatic carbocycles. The van der Waals surface area contributed by atoms with Crippen molar-refractivity contribution in [2.75, 3.05) is 7.11 Å². The fourth-order valence-electron chi connectivity index (χ4n) is 3.71. The van der Waals surface area contributed by atoms with Crippen LogP contribution in [0.1, 0.15) is 52.9 Å². The van der Waals surface area contributed by atoms with E-state index in [2.05, 4.69) is 0 Å². The van der Waals surface area contributed by atoms with Gasteiger partial charge < -0.3 is 9.47 Å². The molecule has 3 nitrogen and oxygen atoms in total. The number of fused-ring (bicyclic) bond motifs is 2. The van der Waals surface area contributed by atoms with Crippen molar-refractivity contribution in [3.05, 3.63) is 0 Å². The average Bonchev–Trinajstić information content (AvgIpc) is 2.84. The van der Waals surface area contributed by atoms with Crippen LogP contribution in [-0.4, -0.2) is 24.8 Å². The third-order valence-corrected chi connectivity index (χ3v) is 4.36. The molecule has 0 spiro atoms. The average molecular weight is 305 g/mol. The Balaban J connectivity index is 0.00000180. The molecule has 0 amide bonds. The van der Waals surface area contributed by atoms with Crippen LogP contribution >= 0.6 is 0 Å². The van der Waals surface area contributed by atoms with Crippen LogP contribution in [0.5, 0.6) is 0 Å². The van der Waals surface area contributed by atoms with Gasteiger partial charge in [-0.1, -0.05) is 6.42 Å². The van der Waals surface area contributed by atoms with E-state index in [9.17, 15) is 4.79 Å². The first-order chi connectivity index (χ1) is 8.39. The molecule has 2 aliphatic rings. The normalized spacial score (nSPS) is 30.8. The Morgan fingerprint density at radius 2 is 1.95 bits per heavy atom. The molecule has 2 saturated carbocycles. The van der Waals surface area contributed by atoms with E-state index >= 15 is 0 Å². The second-order valence-corrected chi connectivity index (χ2v) is 6.90. The number of esters is 1. The molecule has 2 bridgehead atoms. The standard InChI is InChI=1S/C15H26O3.V/c1-15(2,3)18-14(16)9-13(17-4)12-8-10-5-6-11(12)7-10;/h10-13H,5-9H2,1-4H3;. The molecule has 2 fully saturated rings. The monoisotopic (exact) mass is 305 g/mol. The fraction of sp³-hybridized carbons (Fsp3) is 0.933. The van der Waals surface area contributed by atoms with Crippen molar-refractivity contribution in [3.63, 3.8) is 0 Å². The van der Waals surface area contributed by atoms with Crippen LogP contribution in [0.4, 0.5) is 0 Å². The van der Waals surface area contributed by atoms with Crippen LogP contribution in [0.25, 0.3) is 0 Å². The Hall–Kier alpha value is 0.0144. The molecule has 0 aromatic heterocycles. The Bertz CT molecular complexity index is 311. The van der Waals surface area contributed by atoms with Gasteiger partial charge in [-0.3, -0.25) is 4.79 Å². The van der Waals surface area contributed by atoms with E-state index in [1.807, 2.05) is 20.8 Å². The van der Waals surface area contributed by atoms with Crippen molar-refractivity contribution in [3.8, 4) is 0 Å². The molecule has 0 saturated heterocycles. The molecule has 0 heterocycles. The summed E-state index contributed by atoms with van der Waals surface area (Å²) in [7, 11) is 1.72. The Labute approximate surface area is 128 Å². The second-order valence-electron chi connectivity index (χ2n) is 6.90. The molecular formula is C15H26O3V. The predicted octanol–water partition coefficient (Wildman–Crippen LogP) is 3.17. The van der Waals surface area contributed by atoms with Crippen LogP contribution in [0.2, 0.25) is 0 Å². The molecule has 1 radical (unpaired) electrons. The largest absolute Gasteiger partial charge is 0.460 e. The zero-order valence-corrected chi connectivity index (χ0v) is 13.9. The van der Waals surface area contributed by atoms with Gasteiger partial charge in [0.1, 0.15) is 5.60 Å². The zero-order valence-electron chi connectivity index (χ0n) is 12.5. The fourth-order valence-corrected chi connectivity index (χ4v) is 3.71. The van der Waals surface area contributed by atoms with E-state index < -0.39 is 5.60 Å². The summed E-state index contributed by atoms with van der Waals surface area (Å²) < 4.78 is 11.0. The van der Waals surface area contributed by atoms with Gasteiger partial charge in [-0.15, -0.1) is 0 Å². The molecule has 0 aliphatic heterocycles. The van der Waals surface area contributed by atoms with E-state index in [0.717, 1.165) is 11.8 Å². The number of hydrogen-bond donors (Lipinski definition) is 0. The molecule has 2 rings (SSSR count). The van der Waals surface area contributed by atoms with Crippen LogP contribution in [0.15, 0.2) is 0 Å². The third kappa shape index (κ3) is 4.51. The molecule has 0 aromatic rings. The van der Waals surface area contributed by atoms with Crippen molar-refractivity contribution >= 4 is 5.97 Å². The summed E-state index contributed by atoms with van der Waals surface area (Å²) in [4.78, 5) is 11.9. The first-order valence-corrected chi connectivity index (χ1v) is 7.13. The molecule has 4 unspecified atom stereocenters. The van der Waals surface area contributed by atoms with Crippen molar-refractivity contribution < 1.29 is 32.8 Å². The van der Waals surface area contributed by atoms with Gasteiger partial charge in [0.05, 0.1) is 12.5 Å². The Kier molecular flexibility index (Phi) is 5.97. The number of rotatable bonds is 4. The predicted molar refractivity (Wildman–Crippen MR) is 70.2 cm³/mol. The summed E-state index contributed by atoms with van der Waals surface area (Å²) in [5.74, 6) is 2.11. The summed E-state index contributed by atoms with van der Waals surface area (Å²) in [5.41, 5.74) is -0.399. The van der Waals surface area contributed by atoms with Crippen LogP contribution in [0, 0.1) is 17.8 Å². The maximum atomic E-state index is 11.9. The van der Waals surface area contributed by atoms with Crippen molar-refractivity contribution in [1.82, 2.24) is 0 Å². The van der Waals surface area contributed by atoms with E-state index in [4.69, 9.17) is 9.47 Å². The van der Waals surface area contributed by atoms with Gasteiger partial charge in [0, 0.05) is 25.7 Å². The van der Waals surface area contributed by atoms with E-state index in [-0.39, 0.29) is 30.6 Å². The molecule has 19 heavy (non-hydrogen) atoms. The van der Waals surface area contributed by atoms with Gasteiger partial charge in [0.25, 0.3) is 0 Å². The van der Waals surface area contributed by atoms with Crippen molar-refractivity contribution in [1.29, 1.82) is 0 Å². The van der Waals surface area contributed by atoms with Crippen molar-refractivity contribution in [2.45, 2.75) is 64.6 Å². The molecule has 4 atom stereocenters. The minimum atomic E-state index is -0.399. The van der Waals surface area contributed by atoms with Gasteiger partial charge in [-0.2, -0.15) is 0 Å². The minimum Gasteiger partial charge on any atom is -0.460 e. The topological polar surface area (TPSA) is 35.5 Å². The SMILES string of the molecule is COC(CC(=O)OC(C)(C)C)C1CC2CCC1C2.[V]. The van der Waals surface area contributed by atoms with Gasteiger partial charge in [0.2, 0.25) is 0 Å². The van der Waals surface area contributed by atoms with Gasteiger partial charge >= 0.3 is 5.97 Å². The minimum absolute atomic E-state index is 0. The number of hydrogen-bond acceptors (Lipinski definition) is 3. The number of ether oxygens (including phenoxy) is 2. The third-order valence-electron chi connectivity index (χ3n) is 4.36. The first-order valence-electron chi connectivity index (χ1n) is 7.13. The first kappa shape index (κ1) is 17.1. The van der Waals surface area contributed by atoms with Crippen LogP contribution in [-0.2, 0) is 32.8 Å². The molecule has 109 valence electrons. The Morgan fingerprint density at radius 3 is 2.37 bits per heavy atom. The van der Waals surface area contributed by atoms with Crippen molar-refractivity contribution in [2.24, 2.45) is 17.8 Å². The Morgan fingerprint density at radius 1 is 1.26 bits per heavy atom. The van der Waals surface area contributed by atoms with Gasteiger partial charge in [-0.25, -0.2) is 0 Å². The summed E-state index contributed by atoms with van der Waals surface area (Å²) in [6.07, 6.45) is 5.75. The second kappa shape index (κ2) is 6.64. The molecule has 4 heteroatoms.